The fourth-order valence-corrected chi connectivity index (χ4v) is 5.14. The van der Waals surface area contributed by atoms with Crippen LogP contribution in [0.4, 0.5) is 24.7 Å². The van der Waals surface area contributed by atoms with Crippen LogP contribution < -0.4 is 10.2 Å². The summed E-state index contributed by atoms with van der Waals surface area (Å²) in [6.07, 6.45) is 0.627. The van der Waals surface area contributed by atoms with Gasteiger partial charge in [-0.1, -0.05) is 11.6 Å². The summed E-state index contributed by atoms with van der Waals surface area (Å²) in [4.78, 5) is 24.5. The van der Waals surface area contributed by atoms with Crippen LogP contribution in [0.5, 0.6) is 0 Å². The SMILES string of the molecule is CS(=O)(=O)c1ccc(N[C@H]2CCN(C3CCN(c4ncc(C(F)(F)F)cc4Cl)CC3)C2=O)cn1. The van der Waals surface area contributed by atoms with Crippen LogP contribution in [0.25, 0.3) is 0 Å². The lowest BCUT2D eigenvalue weighted by Crippen LogP contribution is -2.47. The van der Waals surface area contributed by atoms with E-state index in [0.717, 1.165) is 18.5 Å². The number of halogens is 4. The highest BCUT2D eigenvalue weighted by Crippen LogP contribution is 2.35. The Balaban J connectivity index is 1.34. The Labute approximate surface area is 200 Å². The van der Waals surface area contributed by atoms with E-state index in [1.807, 2.05) is 9.80 Å². The van der Waals surface area contributed by atoms with Gasteiger partial charge in [-0.05, 0) is 37.5 Å². The first-order chi connectivity index (χ1) is 15.9. The molecule has 2 aromatic heterocycles. The molecule has 4 rings (SSSR count). The molecule has 1 N–H and O–H groups in total. The summed E-state index contributed by atoms with van der Waals surface area (Å²) >= 11 is 6.07. The molecule has 34 heavy (non-hydrogen) atoms. The first-order valence-corrected chi connectivity index (χ1v) is 12.9. The molecule has 2 aliphatic heterocycles. The minimum Gasteiger partial charge on any atom is -0.372 e. The zero-order valence-corrected chi connectivity index (χ0v) is 19.8. The number of pyridine rings is 2. The molecule has 2 fully saturated rings. The number of sulfone groups is 1. The maximum atomic E-state index is 13.0. The number of likely N-dealkylation sites (tertiary alicyclic amines) is 1. The average Bonchev–Trinajstić information content (AvgIpc) is 3.13. The minimum atomic E-state index is -4.51. The van der Waals surface area contributed by atoms with Crippen LogP contribution in [0.3, 0.4) is 0 Å². The Bertz CT molecular complexity index is 1170. The lowest BCUT2D eigenvalue weighted by molar-refractivity contribution is -0.137. The summed E-state index contributed by atoms with van der Waals surface area (Å²) in [6.45, 7) is 1.61. The third kappa shape index (κ3) is 5.22. The molecule has 0 aromatic carbocycles. The standard InChI is InChI=1S/C21H23ClF3N5O3S/c1-34(32,33)18-3-2-14(12-26-18)28-17-6-9-30(20(17)31)15-4-7-29(8-5-15)19-16(22)10-13(11-27-19)21(23,24)25/h2-3,10-12,15,17,28H,4-9H2,1H3/t17-/m0/s1. The predicted octanol–water partition coefficient (Wildman–Crippen LogP) is 3.23. The number of anilines is 2. The van der Waals surface area contributed by atoms with E-state index in [-0.39, 0.29) is 22.0 Å². The third-order valence-corrected chi connectivity index (χ3v) is 7.33. The van der Waals surface area contributed by atoms with Crippen molar-refractivity contribution in [3.8, 4) is 0 Å². The Kier molecular flexibility index (Phi) is 6.65. The van der Waals surface area contributed by atoms with Gasteiger partial charge in [0, 0.05) is 38.1 Å². The second-order valence-corrected chi connectivity index (χ2v) is 10.8. The molecule has 0 radical (unpaired) electrons. The second kappa shape index (κ2) is 9.21. The van der Waals surface area contributed by atoms with Crippen molar-refractivity contribution in [2.45, 2.75) is 42.5 Å². The molecule has 184 valence electrons. The molecule has 2 aromatic rings. The van der Waals surface area contributed by atoms with E-state index in [1.54, 1.807) is 6.07 Å². The molecule has 2 saturated heterocycles. The van der Waals surface area contributed by atoms with Gasteiger partial charge in [0.25, 0.3) is 0 Å². The first kappa shape index (κ1) is 24.5. The number of piperidine rings is 1. The van der Waals surface area contributed by atoms with Crippen molar-refractivity contribution in [1.29, 1.82) is 0 Å². The van der Waals surface area contributed by atoms with Crippen molar-refractivity contribution < 1.29 is 26.4 Å². The van der Waals surface area contributed by atoms with Crippen molar-refractivity contribution in [2.75, 3.05) is 36.1 Å². The Morgan fingerprint density at radius 2 is 1.79 bits per heavy atom. The summed E-state index contributed by atoms with van der Waals surface area (Å²) in [5.41, 5.74) is -0.330. The lowest BCUT2D eigenvalue weighted by atomic mass is 10.0. The minimum absolute atomic E-state index is 0.00880. The van der Waals surface area contributed by atoms with Gasteiger partial charge in [-0.3, -0.25) is 4.79 Å². The van der Waals surface area contributed by atoms with Gasteiger partial charge in [0.05, 0.1) is 22.5 Å². The van der Waals surface area contributed by atoms with E-state index in [4.69, 9.17) is 11.6 Å². The van der Waals surface area contributed by atoms with Crippen molar-refractivity contribution in [3.05, 3.63) is 41.2 Å². The Hall–Kier alpha value is -2.60. The van der Waals surface area contributed by atoms with Crippen LogP contribution in [0.15, 0.2) is 35.6 Å². The van der Waals surface area contributed by atoms with Gasteiger partial charge in [0.15, 0.2) is 14.9 Å². The van der Waals surface area contributed by atoms with Gasteiger partial charge in [0.1, 0.15) is 11.9 Å². The van der Waals surface area contributed by atoms with Gasteiger partial charge in [-0.25, -0.2) is 18.4 Å². The number of carbonyl (C=O) groups excluding carboxylic acids is 1. The number of amides is 1. The van der Waals surface area contributed by atoms with Crippen LogP contribution in [0.1, 0.15) is 24.8 Å². The van der Waals surface area contributed by atoms with E-state index < -0.39 is 27.6 Å². The molecular weight excluding hydrogens is 495 g/mol. The van der Waals surface area contributed by atoms with Crippen LogP contribution in [-0.2, 0) is 20.8 Å². The number of nitrogens with one attached hydrogen (secondary N) is 1. The van der Waals surface area contributed by atoms with Crippen molar-refractivity contribution in [2.24, 2.45) is 0 Å². The quantitative estimate of drug-likeness (QED) is 0.650. The monoisotopic (exact) mass is 517 g/mol. The molecule has 0 aliphatic carbocycles. The van der Waals surface area contributed by atoms with E-state index in [2.05, 4.69) is 15.3 Å². The molecule has 0 spiro atoms. The summed E-state index contributed by atoms with van der Waals surface area (Å²) in [5.74, 6) is 0.266. The van der Waals surface area contributed by atoms with E-state index in [0.29, 0.717) is 50.4 Å². The van der Waals surface area contributed by atoms with Crippen LogP contribution >= 0.6 is 11.6 Å². The highest BCUT2D eigenvalue weighted by molar-refractivity contribution is 7.90. The van der Waals surface area contributed by atoms with Crippen molar-refractivity contribution >= 4 is 38.9 Å². The molecule has 4 heterocycles. The molecule has 2 aliphatic rings. The third-order valence-electron chi connectivity index (χ3n) is 6.05. The Morgan fingerprint density at radius 3 is 2.35 bits per heavy atom. The first-order valence-electron chi connectivity index (χ1n) is 10.6. The number of carbonyl (C=O) groups is 1. The van der Waals surface area contributed by atoms with Gasteiger partial charge >= 0.3 is 6.18 Å². The molecular formula is C21H23ClF3N5O3S. The number of nitrogens with zero attached hydrogens (tertiary/aromatic N) is 4. The van der Waals surface area contributed by atoms with Gasteiger partial charge in [-0.15, -0.1) is 0 Å². The maximum absolute atomic E-state index is 13.0. The second-order valence-electron chi connectivity index (χ2n) is 8.42. The summed E-state index contributed by atoms with van der Waals surface area (Å²) < 4.78 is 61.6. The van der Waals surface area contributed by atoms with Gasteiger partial charge < -0.3 is 15.1 Å². The predicted molar refractivity (Wildman–Crippen MR) is 121 cm³/mol. The summed E-state index contributed by atoms with van der Waals surface area (Å²) in [7, 11) is -3.40. The number of rotatable bonds is 5. The van der Waals surface area contributed by atoms with Crippen LogP contribution in [0.2, 0.25) is 5.02 Å². The number of aromatic nitrogens is 2. The fraction of sp³-hybridized carbons (Fsp3) is 0.476. The van der Waals surface area contributed by atoms with Crippen LogP contribution in [-0.4, -0.2) is 67.2 Å². The van der Waals surface area contributed by atoms with Crippen LogP contribution in [0, 0.1) is 0 Å². The van der Waals surface area contributed by atoms with E-state index in [1.165, 1.54) is 12.3 Å². The van der Waals surface area contributed by atoms with Gasteiger partial charge in [-0.2, -0.15) is 13.2 Å². The highest BCUT2D eigenvalue weighted by Gasteiger charge is 2.38. The maximum Gasteiger partial charge on any atom is 0.417 e. The molecule has 1 atom stereocenters. The smallest absolute Gasteiger partial charge is 0.372 e. The zero-order valence-electron chi connectivity index (χ0n) is 18.2. The van der Waals surface area contributed by atoms with Gasteiger partial charge in [0.2, 0.25) is 5.91 Å². The molecule has 13 heteroatoms. The zero-order chi connectivity index (χ0) is 24.7. The van der Waals surface area contributed by atoms with E-state index in [9.17, 15) is 26.4 Å². The highest BCUT2D eigenvalue weighted by atomic mass is 35.5. The average molecular weight is 518 g/mol. The molecule has 0 unspecified atom stereocenters. The lowest BCUT2D eigenvalue weighted by Gasteiger charge is -2.37. The summed E-state index contributed by atoms with van der Waals surface area (Å²) in [5, 5.41) is 3.03. The van der Waals surface area contributed by atoms with Crippen molar-refractivity contribution in [3.63, 3.8) is 0 Å². The fourth-order valence-electron chi connectivity index (χ4n) is 4.29. The van der Waals surface area contributed by atoms with Crippen molar-refractivity contribution in [1.82, 2.24) is 14.9 Å². The topological polar surface area (TPSA) is 95.5 Å². The number of alkyl halides is 3. The largest absolute Gasteiger partial charge is 0.417 e. The number of hydrogen-bond acceptors (Lipinski definition) is 7. The van der Waals surface area contributed by atoms with E-state index >= 15 is 0 Å². The Morgan fingerprint density at radius 1 is 1.09 bits per heavy atom. The summed E-state index contributed by atoms with van der Waals surface area (Å²) in [6, 6.07) is 3.43. The molecule has 8 nitrogen and oxygen atoms in total. The number of hydrogen-bond donors (Lipinski definition) is 1. The normalized spacial score (nSPS) is 20.1. The molecule has 0 saturated carbocycles. The molecule has 1 amide bonds. The molecule has 0 bridgehead atoms.